The zero-order chi connectivity index (χ0) is 17.2. The normalized spacial score (nSPS) is 10.8. The van der Waals surface area contributed by atoms with E-state index in [9.17, 15) is 9.18 Å². The molecule has 0 saturated heterocycles. The third-order valence-corrected chi connectivity index (χ3v) is 3.66. The van der Waals surface area contributed by atoms with E-state index >= 15 is 0 Å². The lowest BCUT2D eigenvalue weighted by Crippen LogP contribution is -2.11. The number of benzene rings is 2. The monoisotopic (exact) mass is 333 g/mol. The quantitative estimate of drug-likeness (QED) is 0.607. The molecule has 0 aliphatic heterocycles. The maximum Gasteiger partial charge on any atom is 0.257 e. The summed E-state index contributed by atoms with van der Waals surface area (Å²) in [7, 11) is 0. The van der Waals surface area contributed by atoms with Crippen LogP contribution in [0.5, 0.6) is 0 Å². The first-order valence-corrected chi connectivity index (χ1v) is 7.57. The minimum absolute atomic E-state index is 0.238. The molecule has 0 aliphatic carbocycles. The lowest BCUT2D eigenvalue weighted by Gasteiger charge is -2.05. The van der Waals surface area contributed by atoms with Gasteiger partial charge in [-0.1, -0.05) is 0 Å². The number of nitrogens with zero attached hydrogens (tertiary/aromatic N) is 2. The average molecular weight is 333 g/mol. The Morgan fingerprint density at radius 3 is 2.68 bits per heavy atom. The number of carbonyl (C=O) groups excluding carboxylic acids is 1. The number of amides is 1. The highest BCUT2D eigenvalue weighted by atomic mass is 19.1. The summed E-state index contributed by atoms with van der Waals surface area (Å²) in [5.41, 5.74) is 2.83. The van der Waals surface area contributed by atoms with Gasteiger partial charge in [-0.25, -0.2) is 9.37 Å². The van der Waals surface area contributed by atoms with Gasteiger partial charge in [0.2, 0.25) is 5.89 Å². The molecule has 6 heteroatoms. The van der Waals surface area contributed by atoms with Crippen LogP contribution in [0.1, 0.15) is 10.4 Å². The van der Waals surface area contributed by atoms with E-state index in [1.165, 1.54) is 18.3 Å². The SMILES string of the molecule is O=C(Nc1ccc(-c2nc3ccc(F)cc3o2)cc1)c1cccnc1. The molecule has 0 bridgehead atoms. The first-order valence-electron chi connectivity index (χ1n) is 7.57. The number of carbonyl (C=O) groups is 1. The summed E-state index contributed by atoms with van der Waals surface area (Å²) in [6.07, 6.45) is 3.11. The van der Waals surface area contributed by atoms with E-state index in [0.29, 0.717) is 28.2 Å². The Morgan fingerprint density at radius 2 is 1.92 bits per heavy atom. The molecule has 0 aliphatic rings. The molecule has 2 aromatic heterocycles. The van der Waals surface area contributed by atoms with E-state index < -0.39 is 0 Å². The lowest BCUT2D eigenvalue weighted by molar-refractivity contribution is 0.102. The van der Waals surface area contributed by atoms with Crippen molar-refractivity contribution < 1.29 is 13.6 Å². The summed E-state index contributed by atoms with van der Waals surface area (Å²) in [5, 5.41) is 2.79. The van der Waals surface area contributed by atoms with Crippen LogP contribution in [0.4, 0.5) is 10.1 Å². The van der Waals surface area contributed by atoms with Gasteiger partial charge in [-0.05, 0) is 48.5 Å². The van der Waals surface area contributed by atoms with Crippen LogP contribution in [0.25, 0.3) is 22.6 Å². The van der Waals surface area contributed by atoms with Crippen LogP contribution >= 0.6 is 0 Å². The maximum atomic E-state index is 13.2. The average Bonchev–Trinajstić information content (AvgIpc) is 3.06. The van der Waals surface area contributed by atoms with Crippen molar-refractivity contribution in [3.63, 3.8) is 0 Å². The summed E-state index contributed by atoms with van der Waals surface area (Å²) < 4.78 is 18.8. The van der Waals surface area contributed by atoms with Crippen molar-refractivity contribution >= 4 is 22.7 Å². The molecule has 4 aromatic rings. The first-order chi connectivity index (χ1) is 12.2. The topological polar surface area (TPSA) is 68.0 Å². The molecule has 0 saturated carbocycles. The Kier molecular flexibility index (Phi) is 3.70. The van der Waals surface area contributed by atoms with Crippen molar-refractivity contribution in [2.75, 3.05) is 5.32 Å². The van der Waals surface area contributed by atoms with Crippen LogP contribution in [-0.4, -0.2) is 15.9 Å². The number of aromatic nitrogens is 2. The standard InChI is InChI=1S/C19H12FN3O2/c20-14-5-8-16-17(10-14)25-19(23-16)12-3-6-15(7-4-12)22-18(24)13-2-1-9-21-11-13/h1-11H,(H,22,24). The maximum absolute atomic E-state index is 13.2. The van der Waals surface area contributed by atoms with Gasteiger partial charge in [0.05, 0.1) is 5.56 Å². The van der Waals surface area contributed by atoms with E-state index in [4.69, 9.17) is 4.42 Å². The van der Waals surface area contributed by atoms with Crippen LogP contribution in [0.15, 0.2) is 71.4 Å². The third-order valence-electron chi connectivity index (χ3n) is 3.66. The number of oxazole rings is 1. The van der Waals surface area contributed by atoms with Crippen LogP contribution in [0.3, 0.4) is 0 Å². The van der Waals surface area contributed by atoms with Crippen molar-refractivity contribution in [1.29, 1.82) is 0 Å². The number of rotatable bonds is 3. The molecule has 25 heavy (non-hydrogen) atoms. The Hall–Kier alpha value is -3.54. The fourth-order valence-electron chi connectivity index (χ4n) is 2.42. The Labute approximate surface area is 142 Å². The smallest absolute Gasteiger partial charge is 0.257 e. The Bertz CT molecular complexity index is 1040. The number of anilines is 1. The lowest BCUT2D eigenvalue weighted by atomic mass is 10.2. The molecule has 0 unspecified atom stereocenters. The van der Waals surface area contributed by atoms with Gasteiger partial charge in [-0.15, -0.1) is 0 Å². The highest BCUT2D eigenvalue weighted by Crippen LogP contribution is 2.25. The van der Waals surface area contributed by atoms with Crippen molar-refractivity contribution in [2.45, 2.75) is 0 Å². The van der Waals surface area contributed by atoms with Gasteiger partial charge in [0.1, 0.15) is 11.3 Å². The van der Waals surface area contributed by atoms with E-state index in [1.807, 2.05) is 0 Å². The molecule has 0 radical (unpaired) electrons. The highest BCUT2D eigenvalue weighted by molar-refractivity contribution is 6.04. The minimum Gasteiger partial charge on any atom is -0.436 e. The number of hydrogen-bond acceptors (Lipinski definition) is 4. The Morgan fingerprint density at radius 1 is 1.08 bits per heavy atom. The van der Waals surface area contributed by atoms with Gasteiger partial charge in [0.25, 0.3) is 5.91 Å². The largest absolute Gasteiger partial charge is 0.436 e. The molecule has 2 heterocycles. The highest BCUT2D eigenvalue weighted by Gasteiger charge is 2.10. The van der Waals surface area contributed by atoms with Gasteiger partial charge in [-0.2, -0.15) is 0 Å². The summed E-state index contributed by atoms with van der Waals surface area (Å²) in [6.45, 7) is 0. The Balaban J connectivity index is 1.56. The number of nitrogens with one attached hydrogen (secondary N) is 1. The fraction of sp³-hybridized carbons (Fsp3) is 0. The number of hydrogen-bond donors (Lipinski definition) is 1. The van der Waals surface area contributed by atoms with Gasteiger partial charge >= 0.3 is 0 Å². The second kappa shape index (κ2) is 6.16. The predicted octanol–water partition coefficient (Wildman–Crippen LogP) is 4.28. The van der Waals surface area contributed by atoms with Gasteiger partial charge in [-0.3, -0.25) is 9.78 Å². The van der Waals surface area contributed by atoms with E-state index in [1.54, 1.807) is 48.7 Å². The van der Waals surface area contributed by atoms with Crippen LogP contribution in [-0.2, 0) is 0 Å². The summed E-state index contributed by atoms with van der Waals surface area (Å²) in [4.78, 5) is 20.4. The number of pyridine rings is 1. The zero-order valence-electron chi connectivity index (χ0n) is 12.9. The van der Waals surface area contributed by atoms with Crippen molar-refractivity contribution in [3.8, 4) is 11.5 Å². The fourth-order valence-corrected chi connectivity index (χ4v) is 2.42. The molecule has 122 valence electrons. The second-order valence-corrected chi connectivity index (χ2v) is 5.40. The van der Waals surface area contributed by atoms with Crippen LogP contribution < -0.4 is 5.32 Å². The van der Waals surface area contributed by atoms with E-state index in [2.05, 4.69) is 15.3 Å². The van der Waals surface area contributed by atoms with Crippen LogP contribution in [0, 0.1) is 5.82 Å². The third kappa shape index (κ3) is 3.10. The molecule has 2 aromatic carbocycles. The molecule has 0 atom stereocenters. The van der Waals surface area contributed by atoms with Gasteiger partial charge in [0.15, 0.2) is 5.58 Å². The number of halogens is 1. The van der Waals surface area contributed by atoms with E-state index in [-0.39, 0.29) is 11.7 Å². The second-order valence-electron chi connectivity index (χ2n) is 5.40. The van der Waals surface area contributed by atoms with Gasteiger partial charge in [0, 0.05) is 29.7 Å². The van der Waals surface area contributed by atoms with Crippen molar-refractivity contribution in [3.05, 3.63) is 78.4 Å². The molecule has 1 amide bonds. The molecule has 4 rings (SSSR count). The van der Waals surface area contributed by atoms with Crippen molar-refractivity contribution in [2.24, 2.45) is 0 Å². The molecule has 1 N–H and O–H groups in total. The first kappa shape index (κ1) is 15.0. The minimum atomic E-state index is -0.372. The molecular formula is C19H12FN3O2. The van der Waals surface area contributed by atoms with E-state index in [0.717, 1.165) is 5.56 Å². The molecular weight excluding hydrogens is 321 g/mol. The summed E-state index contributed by atoms with van der Waals surface area (Å²) in [6, 6.07) is 14.7. The van der Waals surface area contributed by atoms with Gasteiger partial charge < -0.3 is 9.73 Å². The zero-order valence-corrected chi connectivity index (χ0v) is 12.9. The molecule has 5 nitrogen and oxygen atoms in total. The summed E-state index contributed by atoms with van der Waals surface area (Å²) in [5.74, 6) is -0.215. The number of fused-ring (bicyclic) bond motifs is 1. The van der Waals surface area contributed by atoms with Crippen molar-refractivity contribution in [1.82, 2.24) is 9.97 Å². The predicted molar refractivity (Wildman–Crippen MR) is 91.6 cm³/mol. The van der Waals surface area contributed by atoms with Crippen LogP contribution in [0.2, 0.25) is 0 Å². The molecule has 0 spiro atoms. The molecule has 0 fully saturated rings. The summed E-state index contributed by atoms with van der Waals surface area (Å²) >= 11 is 0.